The van der Waals surface area contributed by atoms with E-state index in [1.165, 1.54) is 12.1 Å². The van der Waals surface area contributed by atoms with E-state index in [1.807, 2.05) is 0 Å². The number of nitriles is 1. The number of nitrogens with two attached hydrogens (primary N) is 1. The standard InChI is InChI=1S/C28H30Cl2FN3O4/c29-18-10-8-17(9-11-18)28(15-32)22(12-16-4-1-2-5-16)34-26(27(37)38-14-19(35)13-23(33)36)24(28)20-6-3-7-21(30)25(20)31/h3,6-11,16,19,22,24,26,34-35H,1-2,4-5,12-14H2,(H2,33,36)/t19-,22-,24-,26+,28-/m0/s1. The van der Waals surface area contributed by atoms with Gasteiger partial charge in [-0.3, -0.25) is 14.9 Å². The number of nitrogens with one attached hydrogen (secondary N) is 1. The van der Waals surface area contributed by atoms with Gasteiger partial charge < -0.3 is 15.6 Å². The molecule has 2 fully saturated rings. The van der Waals surface area contributed by atoms with Gasteiger partial charge in [0.1, 0.15) is 23.9 Å². The van der Waals surface area contributed by atoms with Gasteiger partial charge in [0.25, 0.3) is 0 Å². The highest BCUT2D eigenvalue weighted by Gasteiger charge is 2.60. The summed E-state index contributed by atoms with van der Waals surface area (Å²) in [5.74, 6) is -2.92. The van der Waals surface area contributed by atoms with Gasteiger partial charge in [0, 0.05) is 17.0 Å². The van der Waals surface area contributed by atoms with E-state index in [1.54, 1.807) is 30.3 Å². The van der Waals surface area contributed by atoms with Gasteiger partial charge in [-0.05, 0) is 41.7 Å². The van der Waals surface area contributed by atoms with Gasteiger partial charge in [-0.15, -0.1) is 0 Å². The van der Waals surface area contributed by atoms with Crippen LogP contribution in [0.1, 0.15) is 55.6 Å². The van der Waals surface area contributed by atoms with E-state index >= 15 is 4.39 Å². The highest BCUT2D eigenvalue weighted by atomic mass is 35.5. The molecular formula is C28H30Cl2FN3O4. The first-order valence-corrected chi connectivity index (χ1v) is 13.4. The molecule has 0 unspecified atom stereocenters. The van der Waals surface area contributed by atoms with Crippen LogP contribution in [-0.2, 0) is 19.7 Å². The molecule has 202 valence electrons. The number of carbonyl (C=O) groups is 2. The predicted octanol–water partition coefficient (Wildman–Crippen LogP) is 4.38. The maximum absolute atomic E-state index is 15.6. The molecule has 0 aromatic heterocycles. The molecule has 1 aliphatic heterocycles. The van der Waals surface area contributed by atoms with Gasteiger partial charge in [0.15, 0.2) is 0 Å². The lowest BCUT2D eigenvalue weighted by molar-refractivity contribution is -0.150. The number of hydrogen-bond acceptors (Lipinski definition) is 6. The van der Waals surface area contributed by atoms with E-state index < -0.39 is 53.8 Å². The first-order chi connectivity index (χ1) is 18.2. The number of carbonyl (C=O) groups excluding carboxylic acids is 2. The zero-order valence-electron chi connectivity index (χ0n) is 20.7. The summed E-state index contributed by atoms with van der Waals surface area (Å²) in [4.78, 5) is 24.6. The zero-order chi connectivity index (χ0) is 27.4. The van der Waals surface area contributed by atoms with Crippen molar-refractivity contribution in [1.29, 1.82) is 5.26 Å². The number of benzene rings is 2. The van der Waals surface area contributed by atoms with Crippen LogP contribution < -0.4 is 11.1 Å². The fraction of sp³-hybridized carbons (Fsp3) is 0.464. The van der Waals surface area contributed by atoms with Gasteiger partial charge in [0.05, 0.1) is 23.6 Å². The molecule has 1 amide bonds. The number of aliphatic hydroxyl groups excluding tert-OH is 1. The van der Waals surface area contributed by atoms with Crippen molar-refractivity contribution in [3.05, 3.63) is 69.5 Å². The molecule has 0 radical (unpaired) electrons. The number of hydrogen-bond donors (Lipinski definition) is 3. The summed E-state index contributed by atoms with van der Waals surface area (Å²) in [7, 11) is 0. The molecule has 1 saturated carbocycles. The van der Waals surface area contributed by atoms with Gasteiger partial charge in [-0.25, -0.2) is 4.39 Å². The molecule has 2 aliphatic rings. The van der Waals surface area contributed by atoms with Crippen LogP contribution in [0.5, 0.6) is 0 Å². The van der Waals surface area contributed by atoms with Crippen LogP contribution in [0.2, 0.25) is 10.0 Å². The van der Waals surface area contributed by atoms with E-state index in [0.717, 1.165) is 25.7 Å². The summed E-state index contributed by atoms with van der Waals surface area (Å²) in [6.07, 6.45) is 3.12. The van der Waals surface area contributed by atoms with Crippen LogP contribution in [-0.4, -0.2) is 41.8 Å². The highest BCUT2D eigenvalue weighted by molar-refractivity contribution is 6.31. The normalized spacial score (nSPS) is 26.1. The topological polar surface area (TPSA) is 125 Å². The lowest BCUT2D eigenvalue weighted by Crippen LogP contribution is -2.43. The Balaban J connectivity index is 1.82. The molecule has 2 aromatic carbocycles. The van der Waals surface area contributed by atoms with Crippen LogP contribution in [0, 0.1) is 23.1 Å². The van der Waals surface area contributed by atoms with Crippen molar-refractivity contribution in [1.82, 2.24) is 5.32 Å². The molecule has 38 heavy (non-hydrogen) atoms. The van der Waals surface area contributed by atoms with Crippen molar-refractivity contribution >= 4 is 35.1 Å². The van der Waals surface area contributed by atoms with Crippen LogP contribution in [0.3, 0.4) is 0 Å². The number of aliphatic hydroxyl groups is 1. The smallest absolute Gasteiger partial charge is 0.323 e. The molecule has 1 aliphatic carbocycles. The number of halogens is 3. The second-order valence-electron chi connectivity index (χ2n) is 10.1. The molecule has 1 heterocycles. The van der Waals surface area contributed by atoms with E-state index in [4.69, 9.17) is 33.7 Å². The highest BCUT2D eigenvalue weighted by Crippen LogP contribution is 2.52. The zero-order valence-corrected chi connectivity index (χ0v) is 22.2. The van der Waals surface area contributed by atoms with Crippen LogP contribution in [0.25, 0.3) is 0 Å². The number of ether oxygens (including phenoxy) is 1. The molecule has 2 aromatic rings. The summed E-state index contributed by atoms with van der Waals surface area (Å²) in [6.45, 7) is -0.474. The Morgan fingerprint density at radius 2 is 1.89 bits per heavy atom. The number of primary amides is 1. The van der Waals surface area contributed by atoms with E-state index in [2.05, 4.69) is 11.4 Å². The van der Waals surface area contributed by atoms with E-state index in [0.29, 0.717) is 22.9 Å². The second kappa shape index (κ2) is 12.0. The Kier molecular flexibility index (Phi) is 8.94. The lowest BCUT2D eigenvalue weighted by atomic mass is 9.63. The summed E-state index contributed by atoms with van der Waals surface area (Å²) >= 11 is 12.3. The second-order valence-corrected chi connectivity index (χ2v) is 11.0. The van der Waals surface area contributed by atoms with Crippen molar-refractivity contribution < 1.29 is 23.8 Å². The Labute approximate surface area is 231 Å². The Bertz CT molecular complexity index is 1220. The van der Waals surface area contributed by atoms with Gasteiger partial charge in [0.2, 0.25) is 5.91 Å². The van der Waals surface area contributed by atoms with Crippen molar-refractivity contribution in [2.24, 2.45) is 11.7 Å². The minimum Gasteiger partial charge on any atom is -0.462 e. The molecule has 4 N–H and O–H groups in total. The first kappa shape index (κ1) is 28.3. The van der Waals surface area contributed by atoms with Crippen LogP contribution in [0.15, 0.2) is 42.5 Å². The van der Waals surface area contributed by atoms with E-state index in [9.17, 15) is 20.0 Å². The minimum absolute atomic E-state index is 0.107. The lowest BCUT2D eigenvalue weighted by Gasteiger charge is -2.36. The maximum atomic E-state index is 15.6. The van der Waals surface area contributed by atoms with Crippen molar-refractivity contribution in [2.75, 3.05) is 6.61 Å². The summed E-state index contributed by atoms with van der Waals surface area (Å²) in [5, 5.41) is 24.6. The van der Waals surface area contributed by atoms with Crippen molar-refractivity contribution in [3.63, 3.8) is 0 Å². The number of nitrogens with zero attached hydrogens (tertiary/aromatic N) is 1. The fourth-order valence-electron chi connectivity index (χ4n) is 6.02. The third-order valence-corrected chi connectivity index (χ3v) is 8.27. The van der Waals surface area contributed by atoms with Gasteiger partial charge in [-0.1, -0.05) is 73.2 Å². The average molecular weight is 562 g/mol. The number of esters is 1. The molecule has 0 bridgehead atoms. The minimum atomic E-state index is -1.37. The SMILES string of the molecule is N#C[C@]1(c2ccc(Cl)cc2)[C@H](CC2CCCC2)N[C@@H](C(=O)OC[C@@H](O)CC(N)=O)[C@@H]1c1cccc(Cl)c1F. The first-order valence-electron chi connectivity index (χ1n) is 12.7. The van der Waals surface area contributed by atoms with Gasteiger partial charge >= 0.3 is 5.97 Å². The monoisotopic (exact) mass is 561 g/mol. The summed E-state index contributed by atoms with van der Waals surface area (Å²) in [5.41, 5.74) is 4.45. The molecule has 7 nitrogen and oxygen atoms in total. The molecule has 5 atom stereocenters. The predicted molar refractivity (Wildman–Crippen MR) is 141 cm³/mol. The Morgan fingerprint density at radius 1 is 1.21 bits per heavy atom. The third kappa shape index (κ3) is 5.67. The molecular weight excluding hydrogens is 532 g/mol. The summed E-state index contributed by atoms with van der Waals surface area (Å²) in [6, 6.07) is 12.1. The molecule has 10 heteroatoms. The Hall–Kier alpha value is -2.70. The fourth-order valence-corrected chi connectivity index (χ4v) is 6.33. The van der Waals surface area contributed by atoms with Crippen molar-refractivity contribution in [2.45, 2.75) is 68.0 Å². The van der Waals surface area contributed by atoms with E-state index in [-0.39, 0.29) is 17.0 Å². The van der Waals surface area contributed by atoms with Crippen LogP contribution >= 0.6 is 23.2 Å². The Morgan fingerprint density at radius 3 is 2.53 bits per heavy atom. The maximum Gasteiger partial charge on any atom is 0.323 e. The van der Waals surface area contributed by atoms with Crippen LogP contribution in [0.4, 0.5) is 4.39 Å². The third-order valence-electron chi connectivity index (χ3n) is 7.73. The molecule has 0 spiro atoms. The summed E-state index contributed by atoms with van der Waals surface area (Å²) < 4.78 is 21.0. The van der Waals surface area contributed by atoms with Gasteiger partial charge in [-0.2, -0.15) is 5.26 Å². The number of amides is 1. The number of rotatable bonds is 9. The van der Waals surface area contributed by atoms with Crippen molar-refractivity contribution in [3.8, 4) is 6.07 Å². The largest absolute Gasteiger partial charge is 0.462 e. The quantitative estimate of drug-likeness (QED) is 0.390. The molecule has 4 rings (SSSR count). The molecule has 1 saturated heterocycles. The average Bonchev–Trinajstić information content (AvgIpc) is 3.51.